The average Bonchev–Trinajstić information content (AvgIpc) is 2.84. The van der Waals surface area contributed by atoms with E-state index in [9.17, 15) is 9.59 Å². The second-order valence-electron chi connectivity index (χ2n) is 5.99. The van der Waals surface area contributed by atoms with Gasteiger partial charge in [-0.05, 0) is 45.1 Å². The summed E-state index contributed by atoms with van der Waals surface area (Å²) in [6.45, 7) is 5.60. The van der Waals surface area contributed by atoms with Gasteiger partial charge in [0.05, 0.1) is 5.54 Å². The fraction of sp³-hybridized carbons (Fsp3) is 0.867. The van der Waals surface area contributed by atoms with E-state index in [4.69, 9.17) is 5.11 Å². The second kappa shape index (κ2) is 8.25. The molecule has 1 aliphatic rings. The predicted molar refractivity (Wildman–Crippen MR) is 78.5 cm³/mol. The number of aliphatic carboxylic acids is 1. The molecule has 116 valence electrons. The van der Waals surface area contributed by atoms with Gasteiger partial charge in [0.25, 0.3) is 0 Å². The van der Waals surface area contributed by atoms with E-state index in [0.717, 1.165) is 38.6 Å². The fourth-order valence-corrected chi connectivity index (χ4v) is 2.84. The fourth-order valence-electron chi connectivity index (χ4n) is 2.84. The highest BCUT2D eigenvalue weighted by Gasteiger charge is 2.35. The highest BCUT2D eigenvalue weighted by Crippen LogP contribution is 2.20. The summed E-state index contributed by atoms with van der Waals surface area (Å²) in [5.41, 5.74) is -0.415. The first-order chi connectivity index (χ1) is 9.48. The Morgan fingerprint density at radius 1 is 1.35 bits per heavy atom. The van der Waals surface area contributed by atoms with E-state index in [2.05, 4.69) is 17.6 Å². The van der Waals surface area contributed by atoms with Crippen molar-refractivity contribution in [2.75, 3.05) is 13.1 Å². The van der Waals surface area contributed by atoms with Gasteiger partial charge in [-0.1, -0.05) is 19.8 Å². The molecule has 3 N–H and O–H groups in total. The molecule has 0 spiro atoms. The summed E-state index contributed by atoms with van der Waals surface area (Å²) in [6.07, 6.45) is 5.79. The molecule has 1 saturated heterocycles. The molecule has 0 aromatic carbocycles. The summed E-state index contributed by atoms with van der Waals surface area (Å²) in [6, 6.07) is 0. The minimum Gasteiger partial charge on any atom is -0.481 e. The third kappa shape index (κ3) is 5.49. The van der Waals surface area contributed by atoms with Gasteiger partial charge in [-0.2, -0.15) is 0 Å². The molecule has 0 radical (unpaired) electrons. The van der Waals surface area contributed by atoms with Crippen molar-refractivity contribution in [2.45, 2.75) is 64.3 Å². The first kappa shape index (κ1) is 17.0. The summed E-state index contributed by atoms with van der Waals surface area (Å²) in [5.74, 6) is -0.276. The molecule has 0 aromatic rings. The van der Waals surface area contributed by atoms with Crippen molar-refractivity contribution in [3.05, 3.63) is 0 Å². The molecular formula is C15H28N2O3. The number of rotatable bonds is 9. The van der Waals surface area contributed by atoms with E-state index in [1.54, 1.807) is 0 Å². The molecular weight excluding hydrogens is 256 g/mol. The maximum Gasteiger partial charge on any atom is 0.303 e. The number of carboxylic acid groups (broad SMARTS) is 1. The number of hydrogen-bond donors (Lipinski definition) is 3. The normalized spacial score (nSPS) is 23.5. The maximum absolute atomic E-state index is 12.1. The molecule has 5 nitrogen and oxygen atoms in total. The first-order valence-electron chi connectivity index (χ1n) is 7.73. The molecule has 1 fully saturated rings. The Hall–Kier alpha value is -1.10. The molecule has 0 aliphatic carbocycles. The van der Waals surface area contributed by atoms with Crippen LogP contribution in [0.15, 0.2) is 0 Å². The minimum atomic E-state index is -0.738. The van der Waals surface area contributed by atoms with Crippen LogP contribution in [0.5, 0.6) is 0 Å². The number of carbonyl (C=O) groups is 2. The van der Waals surface area contributed by atoms with E-state index in [-0.39, 0.29) is 12.3 Å². The van der Waals surface area contributed by atoms with E-state index in [1.807, 2.05) is 6.92 Å². The van der Waals surface area contributed by atoms with Gasteiger partial charge in [0, 0.05) is 13.0 Å². The lowest BCUT2D eigenvalue weighted by atomic mass is 9.94. The Kier molecular flexibility index (Phi) is 6.99. The maximum atomic E-state index is 12.1. The summed E-state index contributed by atoms with van der Waals surface area (Å²) < 4.78 is 0. The van der Waals surface area contributed by atoms with Crippen LogP contribution in [0.25, 0.3) is 0 Å². The molecule has 1 rings (SSSR count). The molecule has 1 heterocycles. The van der Waals surface area contributed by atoms with Gasteiger partial charge in [0.1, 0.15) is 0 Å². The first-order valence-corrected chi connectivity index (χ1v) is 7.73. The monoisotopic (exact) mass is 284 g/mol. The summed E-state index contributed by atoms with van der Waals surface area (Å²) >= 11 is 0. The van der Waals surface area contributed by atoms with Crippen molar-refractivity contribution in [1.29, 1.82) is 0 Å². The zero-order valence-electron chi connectivity index (χ0n) is 12.7. The largest absolute Gasteiger partial charge is 0.481 e. The summed E-state index contributed by atoms with van der Waals surface area (Å²) in [5, 5.41) is 15.0. The van der Waals surface area contributed by atoms with Crippen molar-refractivity contribution >= 4 is 11.9 Å². The number of carboxylic acids is 1. The van der Waals surface area contributed by atoms with Gasteiger partial charge >= 0.3 is 5.97 Å². The van der Waals surface area contributed by atoms with Crippen molar-refractivity contribution in [3.8, 4) is 0 Å². The zero-order valence-corrected chi connectivity index (χ0v) is 12.7. The third-order valence-corrected chi connectivity index (χ3v) is 4.17. The van der Waals surface area contributed by atoms with Crippen LogP contribution >= 0.6 is 0 Å². The molecule has 1 aliphatic heterocycles. The molecule has 0 bridgehead atoms. The standard InChI is InChI=1S/C15H28N2O3/c1-3-5-12(6-7-13(18)19)8-11-16-14(20)15(2)9-4-10-17-15/h12,17H,3-11H2,1-2H3,(H,16,20)(H,18,19). The van der Waals surface area contributed by atoms with Crippen molar-refractivity contribution in [1.82, 2.24) is 10.6 Å². The lowest BCUT2D eigenvalue weighted by molar-refractivity contribution is -0.137. The van der Waals surface area contributed by atoms with Crippen LogP contribution < -0.4 is 10.6 Å². The minimum absolute atomic E-state index is 0.0727. The lowest BCUT2D eigenvalue weighted by Gasteiger charge is -2.24. The van der Waals surface area contributed by atoms with Crippen LogP contribution in [-0.2, 0) is 9.59 Å². The van der Waals surface area contributed by atoms with Crippen LogP contribution in [0.4, 0.5) is 0 Å². The number of amides is 1. The van der Waals surface area contributed by atoms with Gasteiger partial charge in [0.2, 0.25) is 5.91 Å². The Labute approximate surface area is 121 Å². The smallest absolute Gasteiger partial charge is 0.303 e. The number of hydrogen-bond acceptors (Lipinski definition) is 3. The van der Waals surface area contributed by atoms with E-state index in [1.165, 1.54) is 0 Å². The SMILES string of the molecule is CCCC(CCNC(=O)C1(C)CCCN1)CCC(=O)O. The van der Waals surface area contributed by atoms with Crippen molar-refractivity contribution in [3.63, 3.8) is 0 Å². The molecule has 1 amide bonds. The Morgan fingerprint density at radius 3 is 2.65 bits per heavy atom. The third-order valence-electron chi connectivity index (χ3n) is 4.17. The molecule has 0 aromatic heterocycles. The highest BCUT2D eigenvalue weighted by atomic mass is 16.4. The number of nitrogens with one attached hydrogen (secondary N) is 2. The summed E-state index contributed by atoms with van der Waals surface area (Å²) in [7, 11) is 0. The molecule has 2 unspecified atom stereocenters. The molecule has 20 heavy (non-hydrogen) atoms. The number of carbonyl (C=O) groups excluding carboxylic acids is 1. The van der Waals surface area contributed by atoms with E-state index in [0.29, 0.717) is 18.9 Å². The van der Waals surface area contributed by atoms with Crippen LogP contribution in [-0.4, -0.2) is 35.6 Å². The quantitative estimate of drug-likeness (QED) is 0.604. The lowest BCUT2D eigenvalue weighted by Crippen LogP contribution is -2.51. The second-order valence-corrected chi connectivity index (χ2v) is 5.99. The summed E-state index contributed by atoms with van der Waals surface area (Å²) in [4.78, 5) is 22.7. The van der Waals surface area contributed by atoms with Gasteiger partial charge in [-0.25, -0.2) is 0 Å². The topological polar surface area (TPSA) is 78.4 Å². The highest BCUT2D eigenvalue weighted by molar-refractivity contribution is 5.86. The van der Waals surface area contributed by atoms with Gasteiger partial charge < -0.3 is 15.7 Å². The Morgan fingerprint density at radius 2 is 2.10 bits per heavy atom. The van der Waals surface area contributed by atoms with Crippen LogP contribution in [0.2, 0.25) is 0 Å². The van der Waals surface area contributed by atoms with Gasteiger partial charge in [-0.3, -0.25) is 9.59 Å². The molecule has 5 heteroatoms. The van der Waals surface area contributed by atoms with E-state index >= 15 is 0 Å². The van der Waals surface area contributed by atoms with Crippen molar-refractivity contribution < 1.29 is 14.7 Å². The van der Waals surface area contributed by atoms with E-state index < -0.39 is 11.5 Å². The molecule has 0 saturated carbocycles. The Bertz CT molecular complexity index is 325. The van der Waals surface area contributed by atoms with Crippen LogP contribution in [0, 0.1) is 5.92 Å². The van der Waals surface area contributed by atoms with Gasteiger partial charge in [0.15, 0.2) is 0 Å². The average molecular weight is 284 g/mol. The van der Waals surface area contributed by atoms with Crippen molar-refractivity contribution in [2.24, 2.45) is 5.92 Å². The van der Waals surface area contributed by atoms with Crippen LogP contribution in [0.1, 0.15) is 58.8 Å². The molecule has 2 atom stereocenters. The van der Waals surface area contributed by atoms with Crippen LogP contribution in [0.3, 0.4) is 0 Å². The zero-order chi connectivity index (χ0) is 15.0. The van der Waals surface area contributed by atoms with Gasteiger partial charge in [-0.15, -0.1) is 0 Å². The Balaban J connectivity index is 2.28. The predicted octanol–water partition coefficient (Wildman–Crippen LogP) is 1.92.